The van der Waals surface area contributed by atoms with E-state index in [-0.39, 0.29) is 24.5 Å². The van der Waals surface area contributed by atoms with E-state index < -0.39 is 5.60 Å². The fourth-order valence-corrected chi connectivity index (χ4v) is 1.60. The van der Waals surface area contributed by atoms with E-state index in [0.717, 1.165) is 19.3 Å². The van der Waals surface area contributed by atoms with Crippen molar-refractivity contribution in [3.05, 3.63) is 0 Å². The Kier molecular flexibility index (Phi) is 8.44. The SMILES string of the molecule is CCCCCC(=O)O[C@H](CC)CC(=O)OC(C)(C)C. The van der Waals surface area contributed by atoms with Gasteiger partial charge in [-0.05, 0) is 33.6 Å². The van der Waals surface area contributed by atoms with Crippen molar-refractivity contribution in [1.82, 2.24) is 0 Å². The first kappa shape index (κ1) is 17.9. The van der Waals surface area contributed by atoms with E-state index in [0.29, 0.717) is 12.8 Å². The van der Waals surface area contributed by atoms with E-state index in [2.05, 4.69) is 6.92 Å². The highest BCUT2D eigenvalue weighted by Gasteiger charge is 2.21. The molecule has 0 aliphatic carbocycles. The Balaban J connectivity index is 4.06. The van der Waals surface area contributed by atoms with Crippen molar-refractivity contribution in [3.63, 3.8) is 0 Å². The van der Waals surface area contributed by atoms with Crippen LogP contribution in [-0.2, 0) is 19.1 Å². The van der Waals surface area contributed by atoms with Crippen molar-refractivity contribution in [2.24, 2.45) is 0 Å². The van der Waals surface area contributed by atoms with Crippen molar-refractivity contribution < 1.29 is 19.1 Å². The molecule has 0 unspecified atom stereocenters. The first-order valence-corrected chi connectivity index (χ1v) is 7.19. The molecule has 19 heavy (non-hydrogen) atoms. The van der Waals surface area contributed by atoms with E-state index in [1.54, 1.807) is 0 Å². The van der Waals surface area contributed by atoms with E-state index >= 15 is 0 Å². The lowest BCUT2D eigenvalue weighted by atomic mass is 10.1. The summed E-state index contributed by atoms with van der Waals surface area (Å²) in [6.07, 6.45) is 3.76. The molecule has 112 valence electrons. The normalized spacial score (nSPS) is 12.9. The molecular weight excluding hydrogens is 244 g/mol. The third-order valence-electron chi connectivity index (χ3n) is 2.55. The molecule has 0 spiro atoms. The molecule has 4 nitrogen and oxygen atoms in total. The highest BCUT2D eigenvalue weighted by atomic mass is 16.6. The summed E-state index contributed by atoms with van der Waals surface area (Å²) in [4.78, 5) is 23.2. The molecule has 0 aliphatic heterocycles. The molecule has 0 heterocycles. The van der Waals surface area contributed by atoms with Crippen LogP contribution in [0.15, 0.2) is 0 Å². The third kappa shape index (κ3) is 10.5. The largest absolute Gasteiger partial charge is 0.462 e. The predicted octanol–water partition coefficient (Wildman–Crippen LogP) is 3.62. The van der Waals surface area contributed by atoms with Gasteiger partial charge in [-0.25, -0.2) is 0 Å². The Labute approximate surface area is 116 Å². The molecule has 0 aliphatic rings. The van der Waals surface area contributed by atoms with Crippen LogP contribution >= 0.6 is 0 Å². The van der Waals surface area contributed by atoms with Gasteiger partial charge >= 0.3 is 11.9 Å². The summed E-state index contributed by atoms with van der Waals surface area (Å²) in [5.74, 6) is -0.537. The molecule has 0 aromatic rings. The van der Waals surface area contributed by atoms with Crippen LogP contribution in [-0.4, -0.2) is 23.6 Å². The lowest BCUT2D eigenvalue weighted by molar-refractivity contribution is -0.161. The van der Waals surface area contributed by atoms with Gasteiger partial charge in [-0.15, -0.1) is 0 Å². The van der Waals surface area contributed by atoms with Crippen LogP contribution in [0.2, 0.25) is 0 Å². The molecule has 0 fully saturated rings. The van der Waals surface area contributed by atoms with Gasteiger partial charge in [-0.1, -0.05) is 26.7 Å². The van der Waals surface area contributed by atoms with Crippen LogP contribution in [0.25, 0.3) is 0 Å². The molecule has 4 heteroatoms. The Morgan fingerprint density at radius 2 is 1.68 bits per heavy atom. The smallest absolute Gasteiger partial charge is 0.310 e. The summed E-state index contributed by atoms with van der Waals surface area (Å²) in [6.45, 7) is 9.45. The van der Waals surface area contributed by atoms with Crippen molar-refractivity contribution in [1.29, 1.82) is 0 Å². The van der Waals surface area contributed by atoms with Gasteiger partial charge in [0.15, 0.2) is 0 Å². The summed E-state index contributed by atoms with van der Waals surface area (Å²) < 4.78 is 10.5. The molecule has 0 aromatic carbocycles. The average molecular weight is 272 g/mol. The minimum absolute atomic E-state index is 0.132. The topological polar surface area (TPSA) is 52.6 Å². The maximum Gasteiger partial charge on any atom is 0.310 e. The number of hydrogen-bond acceptors (Lipinski definition) is 4. The van der Waals surface area contributed by atoms with Crippen LogP contribution in [0.3, 0.4) is 0 Å². The Bertz CT molecular complexity index is 278. The monoisotopic (exact) mass is 272 g/mol. The van der Waals surface area contributed by atoms with Crippen molar-refractivity contribution in [2.75, 3.05) is 0 Å². The van der Waals surface area contributed by atoms with Gasteiger partial charge in [0.05, 0.1) is 6.42 Å². The first-order chi connectivity index (χ1) is 8.78. The zero-order valence-corrected chi connectivity index (χ0v) is 13.0. The van der Waals surface area contributed by atoms with Gasteiger partial charge in [0.1, 0.15) is 11.7 Å². The lowest BCUT2D eigenvalue weighted by Crippen LogP contribution is -2.28. The standard InChI is InChI=1S/C15H28O4/c1-6-8-9-10-13(16)18-12(7-2)11-14(17)19-15(3,4)5/h12H,6-11H2,1-5H3/t12-/m1/s1. The Morgan fingerprint density at radius 3 is 2.16 bits per heavy atom. The molecule has 0 amide bonds. The minimum atomic E-state index is -0.499. The molecular formula is C15H28O4. The molecule has 0 N–H and O–H groups in total. The van der Waals surface area contributed by atoms with Crippen LogP contribution in [0.4, 0.5) is 0 Å². The predicted molar refractivity (Wildman–Crippen MR) is 74.8 cm³/mol. The summed E-state index contributed by atoms with van der Waals surface area (Å²) >= 11 is 0. The van der Waals surface area contributed by atoms with E-state index in [4.69, 9.17) is 9.47 Å². The van der Waals surface area contributed by atoms with E-state index in [1.807, 2.05) is 27.7 Å². The van der Waals surface area contributed by atoms with Crippen LogP contribution in [0.1, 0.15) is 73.1 Å². The minimum Gasteiger partial charge on any atom is -0.462 e. The Hall–Kier alpha value is -1.06. The molecule has 0 aromatic heterocycles. The summed E-state index contributed by atoms with van der Waals surface area (Å²) in [5.41, 5.74) is -0.499. The second kappa shape index (κ2) is 8.94. The van der Waals surface area contributed by atoms with Gasteiger partial charge in [0.25, 0.3) is 0 Å². The third-order valence-corrected chi connectivity index (χ3v) is 2.55. The fourth-order valence-electron chi connectivity index (χ4n) is 1.60. The number of rotatable bonds is 8. The molecule has 0 bridgehead atoms. The highest BCUT2D eigenvalue weighted by Crippen LogP contribution is 2.13. The van der Waals surface area contributed by atoms with E-state index in [1.165, 1.54) is 0 Å². The molecule has 0 radical (unpaired) electrons. The van der Waals surface area contributed by atoms with Crippen LogP contribution in [0.5, 0.6) is 0 Å². The molecule has 0 rings (SSSR count). The zero-order chi connectivity index (χ0) is 14.9. The number of ether oxygens (including phenoxy) is 2. The van der Waals surface area contributed by atoms with Gasteiger partial charge in [-0.2, -0.15) is 0 Å². The van der Waals surface area contributed by atoms with E-state index in [9.17, 15) is 9.59 Å². The number of carbonyl (C=O) groups is 2. The quantitative estimate of drug-likeness (QED) is 0.500. The first-order valence-electron chi connectivity index (χ1n) is 7.19. The zero-order valence-electron chi connectivity index (χ0n) is 13.0. The number of esters is 2. The second-order valence-corrected chi connectivity index (χ2v) is 5.77. The fraction of sp³-hybridized carbons (Fsp3) is 0.867. The second-order valence-electron chi connectivity index (χ2n) is 5.77. The van der Waals surface area contributed by atoms with Gasteiger partial charge in [0.2, 0.25) is 0 Å². The van der Waals surface area contributed by atoms with Gasteiger partial charge < -0.3 is 9.47 Å². The molecule has 1 atom stereocenters. The van der Waals surface area contributed by atoms with Crippen LogP contribution in [0, 0.1) is 0 Å². The number of unbranched alkanes of at least 4 members (excludes halogenated alkanes) is 2. The summed E-state index contributed by atoms with van der Waals surface area (Å²) in [6, 6.07) is 0. The summed E-state index contributed by atoms with van der Waals surface area (Å²) in [5, 5.41) is 0. The maximum atomic E-state index is 11.7. The Morgan fingerprint density at radius 1 is 1.05 bits per heavy atom. The van der Waals surface area contributed by atoms with Crippen molar-refractivity contribution in [2.45, 2.75) is 84.8 Å². The lowest BCUT2D eigenvalue weighted by Gasteiger charge is -2.22. The molecule has 0 saturated heterocycles. The van der Waals surface area contributed by atoms with Gasteiger partial charge in [0, 0.05) is 6.42 Å². The van der Waals surface area contributed by atoms with Crippen molar-refractivity contribution >= 4 is 11.9 Å². The summed E-state index contributed by atoms with van der Waals surface area (Å²) in [7, 11) is 0. The van der Waals surface area contributed by atoms with Crippen molar-refractivity contribution in [3.8, 4) is 0 Å². The average Bonchev–Trinajstić information content (AvgIpc) is 2.25. The van der Waals surface area contributed by atoms with Gasteiger partial charge in [-0.3, -0.25) is 9.59 Å². The molecule has 0 saturated carbocycles. The maximum absolute atomic E-state index is 11.7. The number of carbonyl (C=O) groups excluding carboxylic acids is 2. The highest BCUT2D eigenvalue weighted by molar-refractivity contribution is 5.72. The van der Waals surface area contributed by atoms with Crippen LogP contribution < -0.4 is 0 Å². The number of hydrogen-bond donors (Lipinski definition) is 0.